The smallest absolute Gasteiger partial charge is 0.257 e. The lowest BCUT2D eigenvalue weighted by molar-refractivity contribution is 0.0940. The normalized spacial score (nSPS) is 11.7. The molecule has 1 N–H and O–H groups in total. The van der Waals surface area contributed by atoms with Crippen LogP contribution in [-0.2, 0) is 0 Å². The van der Waals surface area contributed by atoms with Crippen molar-refractivity contribution < 1.29 is 4.79 Å². The molecule has 5 nitrogen and oxygen atoms in total. The molecule has 1 amide bonds. The Kier molecular flexibility index (Phi) is 5.50. The van der Waals surface area contributed by atoms with Crippen molar-refractivity contribution in [2.75, 3.05) is 19.0 Å². The van der Waals surface area contributed by atoms with E-state index in [0.29, 0.717) is 17.2 Å². The van der Waals surface area contributed by atoms with E-state index >= 15 is 0 Å². The van der Waals surface area contributed by atoms with Gasteiger partial charge in [0.05, 0.1) is 6.04 Å². The van der Waals surface area contributed by atoms with Crippen molar-refractivity contribution in [1.29, 1.82) is 0 Å². The maximum absolute atomic E-state index is 12.8. The summed E-state index contributed by atoms with van der Waals surface area (Å²) >= 11 is 0. The number of rotatable bonds is 5. The lowest BCUT2D eigenvalue weighted by atomic mass is 10.1. The Hall–Kier alpha value is -3.21. The monoisotopic (exact) mass is 360 g/mol. The summed E-state index contributed by atoms with van der Waals surface area (Å²) < 4.78 is 0. The number of benzene rings is 2. The van der Waals surface area contributed by atoms with Crippen molar-refractivity contribution in [3.05, 3.63) is 77.5 Å². The highest BCUT2D eigenvalue weighted by Crippen LogP contribution is 2.22. The van der Waals surface area contributed by atoms with Crippen LogP contribution in [0.15, 0.2) is 60.8 Å². The van der Waals surface area contributed by atoms with Crippen LogP contribution in [0.2, 0.25) is 0 Å². The Morgan fingerprint density at radius 3 is 2.33 bits per heavy atom. The van der Waals surface area contributed by atoms with E-state index in [1.807, 2.05) is 87.4 Å². The highest BCUT2D eigenvalue weighted by Gasteiger charge is 2.19. The van der Waals surface area contributed by atoms with Gasteiger partial charge in [0.25, 0.3) is 5.91 Å². The fraction of sp³-hybridized carbons (Fsp3) is 0.227. The van der Waals surface area contributed by atoms with Crippen molar-refractivity contribution >= 4 is 11.7 Å². The zero-order valence-corrected chi connectivity index (χ0v) is 16.1. The number of amides is 1. The molecular weight excluding hydrogens is 336 g/mol. The van der Waals surface area contributed by atoms with Gasteiger partial charge in [0, 0.05) is 25.9 Å². The van der Waals surface area contributed by atoms with Gasteiger partial charge < -0.3 is 10.2 Å². The Bertz CT molecular complexity index is 921. The molecule has 3 aromatic rings. The molecule has 1 unspecified atom stereocenters. The van der Waals surface area contributed by atoms with E-state index < -0.39 is 0 Å². The molecule has 0 spiro atoms. The minimum atomic E-state index is -0.189. The molecule has 138 valence electrons. The first-order valence-corrected chi connectivity index (χ1v) is 8.93. The summed E-state index contributed by atoms with van der Waals surface area (Å²) in [5.41, 5.74) is 3.61. The molecule has 0 radical (unpaired) electrons. The molecule has 0 bridgehead atoms. The van der Waals surface area contributed by atoms with E-state index in [2.05, 4.69) is 15.3 Å². The zero-order valence-electron chi connectivity index (χ0n) is 16.1. The van der Waals surface area contributed by atoms with Gasteiger partial charge in [0.15, 0.2) is 5.82 Å². The Labute approximate surface area is 160 Å². The minimum absolute atomic E-state index is 0.106. The van der Waals surface area contributed by atoms with E-state index in [1.165, 1.54) is 5.56 Å². The van der Waals surface area contributed by atoms with Gasteiger partial charge >= 0.3 is 0 Å². The van der Waals surface area contributed by atoms with Crippen LogP contribution in [0.4, 0.5) is 5.82 Å². The Balaban J connectivity index is 1.88. The van der Waals surface area contributed by atoms with Crippen LogP contribution in [0, 0.1) is 6.92 Å². The van der Waals surface area contributed by atoms with Crippen molar-refractivity contribution in [3.63, 3.8) is 0 Å². The third-order valence-electron chi connectivity index (χ3n) is 4.39. The second kappa shape index (κ2) is 7.99. The number of aromatic nitrogens is 2. The number of carbonyl (C=O) groups is 1. The number of nitrogens with one attached hydrogen (secondary N) is 1. The first kappa shape index (κ1) is 18.6. The minimum Gasteiger partial charge on any atom is -0.362 e. The zero-order chi connectivity index (χ0) is 19.4. The maximum Gasteiger partial charge on any atom is 0.257 e. The molecule has 1 heterocycles. The lowest BCUT2D eigenvalue weighted by Gasteiger charge is -2.19. The first-order chi connectivity index (χ1) is 13.0. The summed E-state index contributed by atoms with van der Waals surface area (Å²) in [6.45, 7) is 4.00. The molecule has 0 saturated heterocycles. The van der Waals surface area contributed by atoms with Crippen LogP contribution < -0.4 is 10.2 Å². The summed E-state index contributed by atoms with van der Waals surface area (Å²) in [5, 5.41) is 3.03. The van der Waals surface area contributed by atoms with Gasteiger partial charge in [-0.15, -0.1) is 0 Å². The molecule has 0 aliphatic carbocycles. The van der Waals surface area contributed by atoms with Gasteiger partial charge in [0.2, 0.25) is 0 Å². The summed E-state index contributed by atoms with van der Waals surface area (Å²) in [5.74, 6) is 1.01. The number of anilines is 1. The highest BCUT2D eigenvalue weighted by atomic mass is 16.1. The summed E-state index contributed by atoms with van der Waals surface area (Å²) in [4.78, 5) is 23.7. The van der Waals surface area contributed by atoms with Gasteiger partial charge in [-0.2, -0.15) is 0 Å². The largest absolute Gasteiger partial charge is 0.362 e. The average Bonchev–Trinajstić information content (AvgIpc) is 2.68. The molecule has 0 aliphatic rings. The van der Waals surface area contributed by atoms with Crippen LogP contribution in [0.5, 0.6) is 0 Å². The van der Waals surface area contributed by atoms with Crippen molar-refractivity contribution in [2.24, 2.45) is 0 Å². The summed E-state index contributed by atoms with van der Waals surface area (Å²) in [7, 11) is 3.75. The topological polar surface area (TPSA) is 58.1 Å². The number of carbonyl (C=O) groups excluding carboxylic acids is 1. The van der Waals surface area contributed by atoms with Crippen LogP contribution in [-0.4, -0.2) is 30.0 Å². The van der Waals surface area contributed by atoms with Crippen molar-refractivity contribution in [3.8, 4) is 11.4 Å². The second-order valence-corrected chi connectivity index (χ2v) is 6.80. The Morgan fingerprint density at radius 2 is 1.70 bits per heavy atom. The Morgan fingerprint density at radius 1 is 1.04 bits per heavy atom. The van der Waals surface area contributed by atoms with Gasteiger partial charge in [-0.3, -0.25) is 4.79 Å². The standard InChI is InChI=1S/C22H24N4O/c1-15-10-12-18(13-11-15)20-23-14-19(21(25-20)26(3)4)22(27)24-16(2)17-8-6-5-7-9-17/h5-14,16H,1-4H3,(H,24,27). The third kappa shape index (κ3) is 4.31. The highest BCUT2D eigenvalue weighted by molar-refractivity contribution is 5.99. The molecule has 3 rings (SSSR count). The molecule has 0 saturated carbocycles. The summed E-state index contributed by atoms with van der Waals surface area (Å²) in [6, 6.07) is 17.8. The molecule has 1 aromatic heterocycles. The van der Waals surface area contributed by atoms with Crippen molar-refractivity contribution in [2.45, 2.75) is 19.9 Å². The van der Waals surface area contributed by atoms with E-state index in [-0.39, 0.29) is 11.9 Å². The predicted molar refractivity (Wildman–Crippen MR) is 109 cm³/mol. The maximum atomic E-state index is 12.8. The van der Waals surface area contributed by atoms with E-state index in [4.69, 9.17) is 0 Å². The molecule has 5 heteroatoms. The lowest BCUT2D eigenvalue weighted by Crippen LogP contribution is -2.29. The molecule has 0 fully saturated rings. The first-order valence-electron chi connectivity index (χ1n) is 8.93. The number of hydrogen-bond acceptors (Lipinski definition) is 4. The van der Waals surface area contributed by atoms with Crippen LogP contribution in [0.25, 0.3) is 11.4 Å². The third-order valence-corrected chi connectivity index (χ3v) is 4.39. The van der Waals surface area contributed by atoms with Gasteiger partial charge in [-0.1, -0.05) is 60.2 Å². The fourth-order valence-corrected chi connectivity index (χ4v) is 2.82. The van der Waals surface area contributed by atoms with Gasteiger partial charge in [-0.05, 0) is 19.4 Å². The molecule has 1 atom stereocenters. The van der Waals surface area contributed by atoms with E-state index in [0.717, 1.165) is 11.1 Å². The van der Waals surface area contributed by atoms with Gasteiger partial charge in [0.1, 0.15) is 11.4 Å². The number of nitrogens with zero attached hydrogens (tertiary/aromatic N) is 3. The van der Waals surface area contributed by atoms with Crippen LogP contribution >= 0.6 is 0 Å². The second-order valence-electron chi connectivity index (χ2n) is 6.80. The molecular formula is C22H24N4O. The molecule has 27 heavy (non-hydrogen) atoms. The number of hydrogen-bond donors (Lipinski definition) is 1. The van der Waals surface area contributed by atoms with Gasteiger partial charge in [-0.25, -0.2) is 9.97 Å². The van der Waals surface area contributed by atoms with E-state index in [9.17, 15) is 4.79 Å². The number of aryl methyl sites for hydroxylation is 1. The SMILES string of the molecule is Cc1ccc(-c2ncc(C(=O)NC(C)c3ccccc3)c(N(C)C)n2)cc1. The van der Waals surface area contributed by atoms with Crippen LogP contribution in [0.3, 0.4) is 0 Å². The molecule has 0 aliphatic heterocycles. The van der Waals surface area contributed by atoms with Crippen molar-refractivity contribution in [1.82, 2.24) is 15.3 Å². The summed E-state index contributed by atoms with van der Waals surface area (Å²) in [6.07, 6.45) is 1.60. The quantitative estimate of drug-likeness (QED) is 0.747. The average molecular weight is 360 g/mol. The van der Waals surface area contributed by atoms with E-state index in [1.54, 1.807) is 6.20 Å². The predicted octanol–water partition coefficient (Wildman–Crippen LogP) is 4.01. The fourth-order valence-electron chi connectivity index (χ4n) is 2.82. The molecule has 2 aromatic carbocycles. The van der Waals surface area contributed by atoms with Crippen LogP contribution in [0.1, 0.15) is 34.5 Å².